The predicted octanol–water partition coefficient (Wildman–Crippen LogP) is 3.55. The molecule has 2 aliphatic rings. The lowest BCUT2D eigenvalue weighted by atomic mass is 9.87. The van der Waals surface area contributed by atoms with Crippen LogP contribution >= 0.6 is 0 Å². The normalized spacial score (nSPS) is 17.6. The van der Waals surface area contributed by atoms with Crippen LogP contribution in [0.2, 0.25) is 0 Å². The van der Waals surface area contributed by atoms with E-state index in [0.29, 0.717) is 24.2 Å². The summed E-state index contributed by atoms with van der Waals surface area (Å²) in [5.74, 6) is -1.17. The smallest absolute Gasteiger partial charge is 0.272 e. The topological polar surface area (TPSA) is 78.1 Å². The fraction of sp³-hybridized carbons (Fsp3) is 0.292. The van der Waals surface area contributed by atoms with E-state index in [0.717, 1.165) is 30.5 Å². The Bertz CT molecular complexity index is 1160. The van der Waals surface area contributed by atoms with Gasteiger partial charge in [-0.3, -0.25) is 14.7 Å². The average molecular weight is 418 g/mol. The molecule has 5 rings (SSSR count). The summed E-state index contributed by atoms with van der Waals surface area (Å²) >= 11 is 0. The highest BCUT2D eigenvalue weighted by molar-refractivity contribution is 5.96. The molecule has 0 bridgehead atoms. The Balaban J connectivity index is 1.36. The van der Waals surface area contributed by atoms with Gasteiger partial charge in [0, 0.05) is 24.2 Å². The summed E-state index contributed by atoms with van der Waals surface area (Å²) in [6.07, 6.45) is 3.47. The summed E-state index contributed by atoms with van der Waals surface area (Å²) in [5.41, 5.74) is 4.33. The first-order chi connectivity index (χ1) is 15.1. The van der Waals surface area contributed by atoms with Crippen LogP contribution in [0.15, 0.2) is 48.5 Å². The number of nitrogens with zero attached hydrogens (tertiary/aromatic N) is 2. The van der Waals surface area contributed by atoms with E-state index >= 15 is 0 Å². The van der Waals surface area contributed by atoms with Gasteiger partial charge < -0.3 is 10.2 Å². The minimum atomic E-state index is -0.542. The molecule has 1 atom stereocenters. The molecule has 0 saturated heterocycles. The second-order valence-corrected chi connectivity index (χ2v) is 8.10. The number of carbonyl (C=O) groups excluding carboxylic acids is 2. The zero-order valence-electron chi connectivity index (χ0n) is 17.0. The molecule has 0 saturated carbocycles. The highest BCUT2D eigenvalue weighted by Crippen LogP contribution is 2.30. The molecule has 6 nitrogen and oxygen atoms in total. The van der Waals surface area contributed by atoms with Crippen LogP contribution < -0.4 is 5.32 Å². The molecule has 0 fully saturated rings. The number of H-pyrrole nitrogens is 1. The van der Waals surface area contributed by atoms with Crippen molar-refractivity contribution in [1.82, 2.24) is 20.4 Å². The molecule has 0 spiro atoms. The molecule has 1 aliphatic carbocycles. The van der Waals surface area contributed by atoms with Crippen LogP contribution in [0, 0.1) is 5.82 Å². The van der Waals surface area contributed by atoms with Crippen molar-refractivity contribution >= 4 is 11.8 Å². The molecule has 0 radical (unpaired) electrons. The highest BCUT2D eigenvalue weighted by Gasteiger charge is 2.30. The quantitative estimate of drug-likeness (QED) is 0.683. The third kappa shape index (κ3) is 3.60. The lowest BCUT2D eigenvalue weighted by molar-refractivity contribution is 0.0726. The number of rotatable bonds is 3. The van der Waals surface area contributed by atoms with Gasteiger partial charge in [0.2, 0.25) is 0 Å². The van der Waals surface area contributed by atoms with E-state index in [1.54, 1.807) is 17.0 Å². The molecule has 31 heavy (non-hydrogen) atoms. The molecule has 3 aromatic rings. The minimum absolute atomic E-state index is 0.0410. The van der Waals surface area contributed by atoms with Crippen molar-refractivity contribution < 1.29 is 14.0 Å². The van der Waals surface area contributed by atoms with Gasteiger partial charge in [-0.15, -0.1) is 0 Å². The van der Waals surface area contributed by atoms with Crippen LogP contribution in [-0.2, 0) is 19.4 Å². The number of nitrogens with one attached hydrogen (secondary N) is 2. The zero-order valence-corrected chi connectivity index (χ0v) is 17.0. The highest BCUT2D eigenvalue weighted by atomic mass is 19.1. The molecule has 2 N–H and O–H groups in total. The van der Waals surface area contributed by atoms with Crippen molar-refractivity contribution in [2.75, 3.05) is 6.54 Å². The molecule has 2 aromatic carbocycles. The first-order valence-corrected chi connectivity index (χ1v) is 10.6. The van der Waals surface area contributed by atoms with Crippen molar-refractivity contribution in [3.8, 4) is 0 Å². The Kier molecular flexibility index (Phi) is 5.02. The first-order valence-electron chi connectivity index (χ1n) is 10.6. The predicted molar refractivity (Wildman–Crippen MR) is 113 cm³/mol. The molecule has 1 aromatic heterocycles. The van der Waals surface area contributed by atoms with Crippen LogP contribution in [0.1, 0.15) is 62.1 Å². The van der Waals surface area contributed by atoms with Gasteiger partial charge in [-0.1, -0.05) is 36.4 Å². The molecule has 158 valence electrons. The molecule has 7 heteroatoms. The van der Waals surface area contributed by atoms with E-state index in [9.17, 15) is 14.0 Å². The van der Waals surface area contributed by atoms with E-state index in [4.69, 9.17) is 0 Å². The summed E-state index contributed by atoms with van der Waals surface area (Å²) in [6.45, 7) is 0.669. The summed E-state index contributed by atoms with van der Waals surface area (Å²) in [4.78, 5) is 27.5. The van der Waals surface area contributed by atoms with Crippen molar-refractivity contribution in [2.45, 2.75) is 38.3 Å². The minimum Gasteiger partial charge on any atom is -0.344 e. The van der Waals surface area contributed by atoms with Crippen LogP contribution in [0.5, 0.6) is 0 Å². The third-order valence-corrected chi connectivity index (χ3v) is 6.21. The Hall–Kier alpha value is -3.48. The van der Waals surface area contributed by atoms with Gasteiger partial charge in [0.15, 0.2) is 5.69 Å². The second-order valence-electron chi connectivity index (χ2n) is 8.10. The Morgan fingerprint density at radius 1 is 1.10 bits per heavy atom. The number of hydrogen-bond donors (Lipinski definition) is 2. The van der Waals surface area contributed by atoms with Gasteiger partial charge in [-0.2, -0.15) is 5.10 Å². The van der Waals surface area contributed by atoms with Gasteiger partial charge in [-0.25, -0.2) is 4.39 Å². The van der Waals surface area contributed by atoms with Crippen molar-refractivity contribution in [1.29, 1.82) is 0 Å². The van der Waals surface area contributed by atoms with Crippen molar-refractivity contribution in [3.05, 3.63) is 88.0 Å². The Labute approximate surface area is 179 Å². The Morgan fingerprint density at radius 2 is 1.90 bits per heavy atom. The Morgan fingerprint density at radius 3 is 2.77 bits per heavy atom. The molecular weight excluding hydrogens is 395 g/mol. The fourth-order valence-electron chi connectivity index (χ4n) is 4.59. The lowest BCUT2D eigenvalue weighted by Crippen LogP contribution is -2.37. The summed E-state index contributed by atoms with van der Waals surface area (Å²) in [7, 11) is 0. The van der Waals surface area contributed by atoms with Crippen LogP contribution in [-0.4, -0.2) is 33.5 Å². The lowest BCUT2D eigenvalue weighted by Gasteiger charge is -2.28. The van der Waals surface area contributed by atoms with E-state index < -0.39 is 5.82 Å². The van der Waals surface area contributed by atoms with E-state index in [1.807, 2.05) is 12.1 Å². The standard InChI is InChI=1S/C24H23FN4O2/c25-19-10-4-3-9-17(19)24(31)29-13-12-21-18(14-29)22(28-27-21)23(30)26-20-11-5-7-15-6-1-2-8-16(15)20/h1-4,6,8-10,20H,5,7,11-14H2,(H,26,30)(H,27,28)/t20-/m1/s1. The number of amides is 2. The van der Waals surface area contributed by atoms with Crippen LogP contribution in [0.4, 0.5) is 4.39 Å². The maximum absolute atomic E-state index is 14.1. The van der Waals surface area contributed by atoms with E-state index in [2.05, 4.69) is 27.6 Å². The maximum atomic E-state index is 14.1. The van der Waals surface area contributed by atoms with Gasteiger partial charge in [0.05, 0.1) is 18.2 Å². The molecule has 0 unspecified atom stereocenters. The van der Waals surface area contributed by atoms with Crippen molar-refractivity contribution in [2.24, 2.45) is 0 Å². The number of benzene rings is 2. The second kappa shape index (κ2) is 7.98. The van der Waals surface area contributed by atoms with Gasteiger partial charge in [-0.05, 0) is 42.5 Å². The molecule has 2 amide bonds. The summed E-state index contributed by atoms with van der Waals surface area (Å²) in [5, 5.41) is 10.3. The average Bonchev–Trinajstić information content (AvgIpc) is 3.23. The van der Waals surface area contributed by atoms with E-state index in [1.165, 1.54) is 17.7 Å². The summed E-state index contributed by atoms with van der Waals surface area (Å²) < 4.78 is 14.1. The molecule has 2 heterocycles. The first kappa shape index (κ1) is 19.5. The largest absolute Gasteiger partial charge is 0.344 e. The maximum Gasteiger partial charge on any atom is 0.272 e. The number of carbonyl (C=O) groups is 2. The zero-order chi connectivity index (χ0) is 21.4. The number of aromatic amines is 1. The number of aryl methyl sites for hydroxylation is 1. The summed E-state index contributed by atoms with van der Waals surface area (Å²) in [6, 6.07) is 14.1. The third-order valence-electron chi connectivity index (χ3n) is 6.21. The molecule has 1 aliphatic heterocycles. The van der Waals surface area contributed by atoms with Crippen LogP contribution in [0.25, 0.3) is 0 Å². The number of aromatic nitrogens is 2. The van der Waals surface area contributed by atoms with Gasteiger partial charge in [0.1, 0.15) is 5.82 Å². The number of hydrogen-bond acceptors (Lipinski definition) is 3. The van der Waals surface area contributed by atoms with Gasteiger partial charge in [0.25, 0.3) is 11.8 Å². The van der Waals surface area contributed by atoms with Crippen LogP contribution in [0.3, 0.4) is 0 Å². The van der Waals surface area contributed by atoms with E-state index in [-0.39, 0.29) is 30.0 Å². The molecular formula is C24H23FN4O2. The monoisotopic (exact) mass is 418 g/mol. The number of fused-ring (bicyclic) bond motifs is 2. The number of halogens is 1. The fourth-order valence-corrected chi connectivity index (χ4v) is 4.59. The SMILES string of the molecule is O=C(N[C@@H]1CCCc2ccccc21)c1n[nH]c2c1CN(C(=O)c1ccccc1F)CC2. The van der Waals surface area contributed by atoms with Gasteiger partial charge >= 0.3 is 0 Å². The van der Waals surface area contributed by atoms with Crippen molar-refractivity contribution in [3.63, 3.8) is 0 Å².